The highest BCUT2D eigenvalue weighted by Gasteiger charge is 2.22. The smallest absolute Gasteiger partial charge is 0.267 e. The van der Waals surface area contributed by atoms with Gasteiger partial charge in [0.2, 0.25) is 5.78 Å². The van der Waals surface area contributed by atoms with Crippen molar-refractivity contribution in [2.75, 3.05) is 5.32 Å². The third-order valence-electron chi connectivity index (χ3n) is 4.45. The van der Waals surface area contributed by atoms with Gasteiger partial charge in [-0.05, 0) is 25.5 Å². The normalized spacial score (nSPS) is 10.9. The first kappa shape index (κ1) is 17.2. The summed E-state index contributed by atoms with van der Waals surface area (Å²) in [6.07, 6.45) is 1.57. The van der Waals surface area contributed by atoms with E-state index in [0.29, 0.717) is 26.8 Å². The Morgan fingerprint density at radius 3 is 2.44 bits per heavy atom. The maximum absolute atomic E-state index is 12.8. The van der Waals surface area contributed by atoms with Crippen LogP contribution < -0.4 is 5.32 Å². The Balaban J connectivity index is 1.71. The molecule has 1 N–H and O–H groups in total. The number of fused-ring (bicyclic) bond motifs is 1. The first-order valence-electron chi connectivity index (χ1n) is 8.50. The maximum atomic E-state index is 12.8. The molecule has 4 aromatic rings. The molecule has 0 aliphatic carbocycles. The number of carbonyl (C=O) groups is 2. The van der Waals surface area contributed by atoms with Gasteiger partial charge < -0.3 is 5.32 Å². The van der Waals surface area contributed by atoms with E-state index in [2.05, 4.69) is 10.3 Å². The molecule has 6 heteroatoms. The molecule has 2 heterocycles. The summed E-state index contributed by atoms with van der Waals surface area (Å²) in [6, 6.07) is 16.7. The molecule has 0 spiro atoms. The largest absolute Gasteiger partial charge is 0.321 e. The molecule has 0 saturated carbocycles. The van der Waals surface area contributed by atoms with Crippen LogP contribution in [0.1, 0.15) is 37.0 Å². The second kappa shape index (κ2) is 6.81. The molecular weight excluding hydrogens is 358 g/mol. The fraction of sp³-hybridized carbons (Fsp3) is 0.0952. The summed E-state index contributed by atoms with van der Waals surface area (Å²) in [5, 5.41) is 2.94. The lowest BCUT2D eigenvalue weighted by Gasteiger charge is -2.07. The molecule has 0 atom stereocenters. The summed E-state index contributed by atoms with van der Waals surface area (Å²) in [6.45, 7) is 3.78. The van der Waals surface area contributed by atoms with E-state index in [1.807, 2.05) is 56.3 Å². The van der Waals surface area contributed by atoms with Crippen molar-refractivity contribution < 1.29 is 9.59 Å². The summed E-state index contributed by atoms with van der Waals surface area (Å²) >= 11 is 1.28. The molecule has 0 radical (unpaired) electrons. The van der Waals surface area contributed by atoms with Crippen molar-refractivity contribution >= 4 is 33.7 Å². The van der Waals surface area contributed by atoms with Gasteiger partial charge >= 0.3 is 0 Å². The van der Waals surface area contributed by atoms with Crippen LogP contribution in [-0.4, -0.2) is 21.1 Å². The van der Waals surface area contributed by atoms with Gasteiger partial charge in [0.15, 0.2) is 4.96 Å². The monoisotopic (exact) mass is 375 g/mol. The van der Waals surface area contributed by atoms with E-state index < -0.39 is 0 Å². The zero-order valence-corrected chi connectivity index (χ0v) is 15.7. The molecular formula is C21H17N3O2S. The van der Waals surface area contributed by atoms with Crippen LogP contribution in [0.25, 0.3) is 4.96 Å². The predicted molar refractivity (Wildman–Crippen MR) is 107 cm³/mol. The molecule has 5 nitrogen and oxygen atoms in total. The summed E-state index contributed by atoms with van der Waals surface area (Å²) in [7, 11) is 0. The lowest BCUT2D eigenvalue weighted by atomic mass is 10.1. The van der Waals surface area contributed by atoms with Crippen LogP contribution in [0.15, 0.2) is 60.8 Å². The number of imidazole rings is 1. The fourth-order valence-electron chi connectivity index (χ4n) is 3.00. The summed E-state index contributed by atoms with van der Waals surface area (Å²) in [4.78, 5) is 31.1. The van der Waals surface area contributed by atoms with Gasteiger partial charge in [0, 0.05) is 16.9 Å². The second-order valence-corrected chi connectivity index (χ2v) is 7.22. The van der Waals surface area contributed by atoms with Gasteiger partial charge in [0.25, 0.3) is 5.91 Å². The molecule has 134 valence electrons. The van der Waals surface area contributed by atoms with Crippen LogP contribution in [0.4, 0.5) is 5.69 Å². The molecule has 0 aliphatic rings. The van der Waals surface area contributed by atoms with Crippen molar-refractivity contribution in [1.29, 1.82) is 0 Å². The van der Waals surface area contributed by atoms with E-state index in [4.69, 9.17) is 0 Å². The number of nitrogens with zero attached hydrogens (tertiary/aromatic N) is 2. The number of ketones is 1. The first-order valence-corrected chi connectivity index (χ1v) is 9.31. The van der Waals surface area contributed by atoms with Gasteiger partial charge in [-0.1, -0.05) is 59.9 Å². The maximum Gasteiger partial charge on any atom is 0.267 e. The highest BCUT2D eigenvalue weighted by Crippen LogP contribution is 2.26. The van der Waals surface area contributed by atoms with Crippen LogP contribution in [-0.2, 0) is 0 Å². The van der Waals surface area contributed by atoms with Crippen LogP contribution in [0.5, 0.6) is 0 Å². The zero-order valence-electron chi connectivity index (χ0n) is 14.9. The van der Waals surface area contributed by atoms with Gasteiger partial charge in [0.05, 0.1) is 6.20 Å². The van der Waals surface area contributed by atoms with Crippen molar-refractivity contribution in [3.8, 4) is 0 Å². The molecule has 0 aliphatic heterocycles. The number of para-hydroxylation sites is 1. The Morgan fingerprint density at radius 1 is 1.00 bits per heavy atom. The lowest BCUT2D eigenvalue weighted by molar-refractivity contribution is 0.102. The molecule has 0 fully saturated rings. The van der Waals surface area contributed by atoms with Crippen molar-refractivity contribution in [2.24, 2.45) is 0 Å². The number of rotatable bonds is 4. The third-order valence-corrected chi connectivity index (χ3v) is 5.61. The number of nitrogens with one attached hydrogen (secondary N) is 1. The average Bonchev–Trinajstić information content (AvgIpc) is 3.24. The molecule has 0 bridgehead atoms. The molecule has 0 unspecified atom stereocenters. The quantitative estimate of drug-likeness (QED) is 0.534. The Morgan fingerprint density at radius 2 is 1.70 bits per heavy atom. The Labute approximate surface area is 160 Å². The number of aromatic nitrogens is 2. The Bertz CT molecular complexity index is 1160. The van der Waals surface area contributed by atoms with Crippen LogP contribution in [0, 0.1) is 13.8 Å². The minimum absolute atomic E-state index is 0.116. The van der Waals surface area contributed by atoms with Gasteiger partial charge in [0.1, 0.15) is 10.6 Å². The number of aryl methyl sites for hydroxylation is 2. The van der Waals surface area contributed by atoms with Crippen molar-refractivity contribution in [3.63, 3.8) is 0 Å². The number of amides is 1. The minimum atomic E-state index is -0.199. The fourth-order valence-corrected chi connectivity index (χ4v) is 4.00. The molecule has 0 saturated heterocycles. The highest BCUT2D eigenvalue weighted by atomic mass is 32.1. The number of hydrogen-bond acceptors (Lipinski definition) is 4. The minimum Gasteiger partial charge on any atom is -0.321 e. The van der Waals surface area contributed by atoms with E-state index >= 15 is 0 Å². The third kappa shape index (κ3) is 3.04. The predicted octanol–water partition coefficient (Wildman–Crippen LogP) is 4.50. The average molecular weight is 375 g/mol. The number of anilines is 1. The van der Waals surface area contributed by atoms with E-state index in [9.17, 15) is 9.59 Å². The van der Waals surface area contributed by atoms with Gasteiger partial charge in [-0.3, -0.25) is 14.0 Å². The first-order chi connectivity index (χ1) is 13.1. The van der Waals surface area contributed by atoms with E-state index in [-0.39, 0.29) is 11.7 Å². The summed E-state index contributed by atoms with van der Waals surface area (Å²) in [5.41, 5.74) is 3.52. The van der Waals surface area contributed by atoms with Crippen molar-refractivity contribution in [2.45, 2.75) is 13.8 Å². The highest BCUT2D eigenvalue weighted by molar-refractivity contribution is 7.19. The van der Waals surface area contributed by atoms with Crippen molar-refractivity contribution in [1.82, 2.24) is 9.38 Å². The Kier molecular flexibility index (Phi) is 4.33. The molecule has 4 rings (SSSR count). The Hall–Kier alpha value is -3.25. The lowest BCUT2D eigenvalue weighted by Crippen LogP contribution is -2.13. The second-order valence-electron chi connectivity index (χ2n) is 6.24. The van der Waals surface area contributed by atoms with E-state index in [1.54, 1.807) is 22.7 Å². The van der Waals surface area contributed by atoms with Crippen LogP contribution in [0.3, 0.4) is 0 Å². The summed E-state index contributed by atoms with van der Waals surface area (Å²) in [5.74, 6) is -0.315. The standard InChI is InChI=1S/C21H17N3O2S/c1-13-8-6-7-11-16(13)23-20(26)19-14(2)24-17(12-22-21(24)27-19)18(25)15-9-4-3-5-10-15/h3-12H,1-2H3,(H,23,26). The van der Waals surface area contributed by atoms with Crippen molar-refractivity contribution in [3.05, 3.63) is 88.2 Å². The number of hydrogen-bond donors (Lipinski definition) is 1. The van der Waals surface area contributed by atoms with Gasteiger partial charge in [-0.15, -0.1) is 0 Å². The molecule has 2 aromatic carbocycles. The zero-order chi connectivity index (χ0) is 19.0. The molecule has 2 aromatic heterocycles. The number of carbonyl (C=O) groups excluding carboxylic acids is 2. The van der Waals surface area contributed by atoms with E-state index in [0.717, 1.165) is 11.3 Å². The topological polar surface area (TPSA) is 63.5 Å². The van der Waals surface area contributed by atoms with Gasteiger partial charge in [-0.25, -0.2) is 4.98 Å². The summed E-state index contributed by atoms with van der Waals surface area (Å²) < 4.78 is 1.76. The molecule has 27 heavy (non-hydrogen) atoms. The number of benzene rings is 2. The van der Waals surface area contributed by atoms with Crippen LogP contribution in [0.2, 0.25) is 0 Å². The SMILES string of the molecule is Cc1ccccc1NC(=O)c1sc2ncc(C(=O)c3ccccc3)n2c1C. The number of thiazole rings is 1. The van der Waals surface area contributed by atoms with Crippen LogP contribution >= 0.6 is 11.3 Å². The van der Waals surface area contributed by atoms with E-state index in [1.165, 1.54) is 11.3 Å². The molecule has 1 amide bonds. The van der Waals surface area contributed by atoms with Gasteiger partial charge in [-0.2, -0.15) is 0 Å².